The van der Waals surface area contributed by atoms with E-state index < -0.39 is 0 Å². The Kier molecular flexibility index (Phi) is 2.38. The number of benzene rings is 1. The van der Waals surface area contributed by atoms with Crippen molar-refractivity contribution >= 4 is 17.2 Å². The van der Waals surface area contributed by atoms with Crippen LogP contribution in [0, 0.1) is 0 Å². The first kappa shape index (κ1) is 8.79. The summed E-state index contributed by atoms with van der Waals surface area (Å²) in [5.74, 6) is 0. The van der Waals surface area contributed by atoms with Gasteiger partial charge < -0.3 is 5.11 Å². The van der Waals surface area contributed by atoms with Crippen LogP contribution in [0.25, 0.3) is 5.57 Å². The van der Waals surface area contributed by atoms with E-state index in [0.29, 0.717) is 0 Å². The van der Waals surface area contributed by atoms with Crippen LogP contribution < -0.4 is 0 Å². The summed E-state index contributed by atoms with van der Waals surface area (Å²) >= 11 is 5.78. The molecule has 1 aromatic carbocycles. The van der Waals surface area contributed by atoms with Crippen LogP contribution in [-0.4, -0.2) is 11.7 Å². The fourth-order valence-corrected chi connectivity index (χ4v) is 1.55. The topological polar surface area (TPSA) is 20.2 Å². The van der Waals surface area contributed by atoms with E-state index in [1.165, 1.54) is 5.57 Å². The maximum atomic E-state index is 9.17. The van der Waals surface area contributed by atoms with Crippen LogP contribution in [0.4, 0.5) is 0 Å². The molecule has 0 heterocycles. The molecule has 1 aliphatic rings. The lowest BCUT2D eigenvalue weighted by Crippen LogP contribution is -1.89. The quantitative estimate of drug-likeness (QED) is 0.768. The molecule has 1 aliphatic carbocycles. The van der Waals surface area contributed by atoms with E-state index >= 15 is 0 Å². The van der Waals surface area contributed by atoms with Crippen molar-refractivity contribution in [2.24, 2.45) is 0 Å². The molecule has 0 unspecified atom stereocenters. The molecule has 0 aliphatic heterocycles. The number of allylic oxidation sites excluding steroid dienone is 1. The average Bonchev–Trinajstić information content (AvgIpc) is 2.93. The maximum absolute atomic E-state index is 9.17. The molecule has 68 valence electrons. The predicted octanol–water partition coefficient (Wildman–Crippen LogP) is 2.88. The summed E-state index contributed by atoms with van der Waals surface area (Å²) in [6.45, 7) is 0.136. The molecule has 0 bridgehead atoms. The highest BCUT2D eigenvalue weighted by Crippen LogP contribution is 2.36. The van der Waals surface area contributed by atoms with Crippen molar-refractivity contribution in [2.45, 2.75) is 12.8 Å². The van der Waals surface area contributed by atoms with Crippen molar-refractivity contribution < 1.29 is 5.11 Å². The van der Waals surface area contributed by atoms with E-state index in [2.05, 4.69) is 0 Å². The van der Waals surface area contributed by atoms with Crippen LogP contribution in [0.5, 0.6) is 0 Å². The van der Waals surface area contributed by atoms with E-state index in [1.807, 2.05) is 24.3 Å². The van der Waals surface area contributed by atoms with E-state index in [4.69, 9.17) is 16.7 Å². The van der Waals surface area contributed by atoms with E-state index in [0.717, 1.165) is 29.0 Å². The minimum absolute atomic E-state index is 0.136. The van der Waals surface area contributed by atoms with Gasteiger partial charge in [-0.15, -0.1) is 0 Å². The third kappa shape index (κ3) is 1.93. The molecule has 1 saturated carbocycles. The monoisotopic (exact) mass is 194 g/mol. The Morgan fingerprint density at radius 2 is 1.85 bits per heavy atom. The van der Waals surface area contributed by atoms with Gasteiger partial charge in [0.05, 0.1) is 6.61 Å². The maximum Gasteiger partial charge on any atom is 0.0687 e. The third-order valence-electron chi connectivity index (χ3n) is 2.28. The molecular formula is C11H11ClO. The van der Waals surface area contributed by atoms with Crippen LogP contribution in [0.3, 0.4) is 0 Å². The van der Waals surface area contributed by atoms with Gasteiger partial charge in [-0.1, -0.05) is 29.3 Å². The van der Waals surface area contributed by atoms with E-state index in [9.17, 15) is 0 Å². The fraction of sp³-hybridized carbons (Fsp3) is 0.273. The van der Waals surface area contributed by atoms with Crippen LogP contribution in [0.1, 0.15) is 18.4 Å². The molecule has 0 aromatic heterocycles. The summed E-state index contributed by atoms with van der Waals surface area (Å²) in [6, 6.07) is 7.63. The second-order valence-electron chi connectivity index (χ2n) is 3.25. The molecule has 1 N–H and O–H groups in total. The van der Waals surface area contributed by atoms with Gasteiger partial charge >= 0.3 is 0 Å². The van der Waals surface area contributed by atoms with Crippen LogP contribution >= 0.6 is 11.6 Å². The first-order valence-electron chi connectivity index (χ1n) is 4.39. The number of rotatable bonds is 2. The zero-order valence-corrected chi connectivity index (χ0v) is 8.01. The molecule has 2 heteroatoms. The van der Waals surface area contributed by atoms with Crippen molar-refractivity contribution in [3.8, 4) is 0 Å². The van der Waals surface area contributed by atoms with Gasteiger partial charge in [-0.3, -0.25) is 0 Å². The zero-order chi connectivity index (χ0) is 9.26. The van der Waals surface area contributed by atoms with Crippen LogP contribution in [-0.2, 0) is 0 Å². The fourth-order valence-electron chi connectivity index (χ4n) is 1.42. The normalized spacial score (nSPS) is 14.5. The highest BCUT2D eigenvalue weighted by Gasteiger charge is 2.17. The summed E-state index contributed by atoms with van der Waals surface area (Å²) in [5.41, 5.74) is 3.56. The largest absolute Gasteiger partial charge is 0.392 e. The summed E-state index contributed by atoms with van der Waals surface area (Å²) in [4.78, 5) is 0. The minimum Gasteiger partial charge on any atom is -0.392 e. The van der Waals surface area contributed by atoms with Gasteiger partial charge in [0.1, 0.15) is 0 Å². The summed E-state index contributed by atoms with van der Waals surface area (Å²) in [5, 5.41) is 9.91. The minimum atomic E-state index is 0.136. The Balaban J connectivity index is 2.34. The lowest BCUT2D eigenvalue weighted by Gasteiger charge is -2.03. The second-order valence-corrected chi connectivity index (χ2v) is 3.68. The lowest BCUT2D eigenvalue weighted by molar-refractivity contribution is 0.350. The zero-order valence-electron chi connectivity index (χ0n) is 7.26. The predicted molar refractivity (Wildman–Crippen MR) is 54.7 cm³/mol. The first-order chi connectivity index (χ1) is 6.31. The first-order valence-corrected chi connectivity index (χ1v) is 4.77. The molecule has 0 saturated heterocycles. The highest BCUT2D eigenvalue weighted by atomic mass is 35.5. The van der Waals surface area contributed by atoms with Crippen molar-refractivity contribution in [1.82, 2.24) is 0 Å². The number of halogens is 1. The Labute approximate surface area is 82.7 Å². The molecule has 0 spiro atoms. The van der Waals surface area contributed by atoms with Crippen LogP contribution in [0.2, 0.25) is 5.02 Å². The number of aliphatic hydroxyl groups excluding tert-OH is 1. The number of aliphatic hydroxyl groups is 1. The second kappa shape index (κ2) is 3.52. The summed E-state index contributed by atoms with van der Waals surface area (Å²) < 4.78 is 0. The number of hydrogen-bond donors (Lipinski definition) is 1. The standard InChI is InChI=1S/C11H11ClO/c12-10-5-3-9(4-6-10)11(7-13)8-1-2-8/h3-6,13H,1-2,7H2. The van der Waals surface area contributed by atoms with Gasteiger partial charge in [-0.2, -0.15) is 0 Å². The Morgan fingerprint density at radius 3 is 2.31 bits per heavy atom. The molecule has 1 fully saturated rings. The van der Waals surface area contributed by atoms with E-state index in [1.54, 1.807) is 0 Å². The van der Waals surface area contributed by atoms with Crippen molar-refractivity contribution in [2.75, 3.05) is 6.61 Å². The Hall–Kier alpha value is -0.790. The average molecular weight is 195 g/mol. The molecular weight excluding hydrogens is 184 g/mol. The smallest absolute Gasteiger partial charge is 0.0687 e. The lowest BCUT2D eigenvalue weighted by atomic mass is 10.1. The van der Waals surface area contributed by atoms with Gasteiger partial charge in [-0.05, 0) is 36.1 Å². The molecule has 2 rings (SSSR count). The Bertz CT molecular complexity index is 332. The molecule has 0 atom stereocenters. The molecule has 0 radical (unpaired) electrons. The van der Waals surface area contributed by atoms with Gasteiger partial charge in [0.25, 0.3) is 0 Å². The molecule has 13 heavy (non-hydrogen) atoms. The summed E-state index contributed by atoms with van der Waals surface area (Å²) in [6.07, 6.45) is 2.27. The van der Waals surface area contributed by atoms with E-state index in [-0.39, 0.29) is 6.61 Å². The van der Waals surface area contributed by atoms with Gasteiger partial charge in [0.2, 0.25) is 0 Å². The van der Waals surface area contributed by atoms with Crippen LogP contribution in [0.15, 0.2) is 29.8 Å². The van der Waals surface area contributed by atoms with Gasteiger partial charge in [0, 0.05) is 5.02 Å². The Morgan fingerprint density at radius 1 is 1.23 bits per heavy atom. The van der Waals surface area contributed by atoms with Gasteiger partial charge in [0.15, 0.2) is 0 Å². The SMILES string of the molecule is OCC(=C1CC1)c1ccc(Cl)cc1. The third-order valence-corrected chi connectivity index (χ3v) is 2.53. The van der Waals surface area contributed by atoms with Crippen molar-refractivity contribution in [3.63, 3.8) is 0 Å². The van der Waals surface area contributed by atoms with Gasteiger partial charge in [-0.25, -0.2) is 0 Å². The van der Waals surface area contributed by atoms with Crippen molar-refractivity contribution in [1.29, 1.82) is 0 Å². The molecule has 1 aromatic rings. The summed E-state index contributed by atoms with van der Waals surface area (Å²) in [7, 11) is 0. The number of hydrogen-bond acceptors (Lipinski definition) is 1. The molecule has 0 amide bonds. The molecule has 1 nitrogen and oxygen atoms in total. The van der Waals surface area contributed by atoms with Crippen molar-refractivity contribution in [3.05, 3.63) is 40.4 Å². The highest BCUT2D eigenvalue weighted by molar-refractivity contribution is 6.30.